The molecule has 0 aliphatic rings. The third kappa shape index (κ3) is 2.39. The van der Waals surface area contributed by atoms with Crippen molar-refractivity contribution in [2.45, 2.75) is 13.0 Å². The van der Waals surface area contributed by atoms with E-state index in [2.05, 4.69) is 27.1 Å². The fraction of sp³-hybridized carbons (Fsp3) is 0.200. The van der Waals surface area contributed by atoms with Gasteiger partial charge in [-0.1, -0.05) is 6.08 Å². The van der Waals surface area contributed by atoms with Gasteiger partial charge in [0, 0.05) is 12.5 Å². The largest absolute Gasteiger partial charge is 0.350 e. The molecule has 0 fully saturated rings. The van der Waals surface area contributed by atoms with Crippen LogP contribution in [0.4, 0.5) is 0 Å². The lowest BCUT2D eigenvalue weighted by atomic mass is 10.3. The summed E-state index contributed by atoms with van der Waals surface area (Å²) in [4.78, 5) is 26.9. The minimum absolute atomic E-state index is 0.161. The molecular formula is C10H11N5O2. The van der Waals surface area contributed by atoms with Crippen LogP contribution in [0.1, 0.15) is 12.1 Å². The van der Waals surface area contributed by atoms with Crippen molar-refractivity contribution in [2.75, 3.05) is 0 Å². The SMILES string of the molecule is C=CCC(=O)NCc1cc(=O)n2cn[nH]c2n1. The van der Waals surface area contributed by atoms with Gasteiger partial charge in [0.25, 0.3) is 5.56 Å². The molecule has 0 saturated heterocycles. The number of carbonyl (C=O) groups is 1. The van der Waals surface area contributed by atoms with Crippen LogP contribution in [0, 0.1) is 0 Å². The van der Waals surface area contributed by atoms with E-state index in [1.807, 2.05) is 0 Å². The van der Waals surface area contributed by atoms with Gasteiger partial charge in [-0.2, -0.15) is 5.10 Å². The van der Waals surface area contributed by atoms with Crippen LogP contribution in [0.2, 0.25) is 0 Å². The summed E-state index contributed by atoms with van der Waals surface area (Å²) in [7, 11) is 0. The lowest BCUT2D eigenvalue weighted by Crippen LogP contribution is -2.24. The summed E-state index contributed by atoms with van der Waals surface area (Å²) in [5, 5.41) is 8.92. The van der Waals surface area contributed by atoms with E-state index in [1.165, 1.54) is 22.9 Å². The number of nitrogens with zero attached hydrogens (tertiary/aromatic N) is 3. The number of nitrogens with one attached hydrogen (secondary N) is 2. The Morgan fingerprint density at radius 2 is 2.47 bits per heavy atom. The van der Waals surface area contributed by atoms with E-state index in [0.29, 0.717) is 11.5 Å². The number of rotatable bonds is 4. The molecule has 0 aromatic carbocycles. The summed E-state index contributed by atoms with van der Waals surface area (Å²) in [5.74, 6) is 0.192. The van der Waals surface area contributed by atoms with Crippen molar-refractivity contribution in [1.82, 2.24) is 24.9 Å². The van der Waals surface area contributed by atoms with Crippen molar-refractivity contribution >= 4 is 11.7 Å². The van der Waals surface area contributed by atoms with E-state index in [-0.39, 0.29) is 24.4 Å². The van der Waals surface area contributed by atoms with E-state index in [4.69, 9.17) is 0 Å². The molecule has 7 heteroatoms. The number of carbonyl (C=O) groups excluding carboxylic acids is 1. The number of fused-ring (bicyclic) bond motifs is 1. The number of amides is 1. The van der Waals surface area contributed by atoms with E-state index >= 15 is 0 Å². The van der Waals surface area contributed by atoms with Crippen LogP contribution in [0.15, 0.2) is 29.8 Å². The number of hydrogen-bond donors (Lipinski definition) is 2. The monoisotopic (exact) mass is 233 g/mol. The molecule has 0 aliphatic heterocycles. The molecule has 2 heterocycles. The zero-order chi connectivity index (χ0) is 12.3. The van der Waals surface area contributed by atoms with E-state index < -0.39 is 0 Å². The minimum atomic E-state index is -0.239. The molecule has 0 saturated carbocycles. The van der Waals surface area contributed by atoms with Crippen LogP contribution in [0.3, 0.4) is 0 Å². The van der Waals surface area contributed by atoms with Gasteiger partial charge in [-0.25, -0.2) is 14.5 Å². The fourth-order valence-corrected chi connectivity index (χ4v) is 1.36. The third-order valence-corrected chi connectivity index (χ3v) is 2.14. The first-order valence-electron chi connectivity index (χ1n) is 5.00. The maximum Gasteiger partial charge on any atom is 0.260 e. The van der Waals surface area contributed by atoms with Crippen LogP contribution < -0.4 is 10.9 Å². The maximum absolute atomic E-state index is 11.6. The highest BCUT2D eigenvalue weighted by molar-refractivity contribution is 5.77. The summed E-state index contributed by atoms with van der Waals surface area (Å²) in [6.07, 6.45) is 3.10. The van der Waals surface area contributed by atoms with E-state index in [9.17, 15) is 9.59 Å². The molecule has 2 aromatic heterocycles. The second-order valence-corrected chi connectivity index (χ2v) is 3.41. The Morgan fingerprint density at radius 1 is 1.65 bits per heavy atom. The van der Waals surface area contributed by atoms with Crippen LogP contribution in [-0.2, 0) is 11.3 Å². The van der Waals surface area contributed by atoms with Crippen molar-refractivity contribution in [3.63, 3.8) is 0 Å². The summed E-state index contributed by atoms with van der Waals surface area (Å²) >= 11 is 0. The Labute approximate surface area is 96.2 Å². The second kappa shape index (κ2) is 4.60. The Kier molecular flexibility index (Phi) is 2.99. The van der Waals surface area contributed by atoms with Crippen LogP contribution in [0.25, 0.3) is 5.78 Å². The van der Waals surface area contributed by atoms with Gasteiger partial charge in [-0.15, -0.1) is 6.58 Å². The quantitative estimate of drug-likeness (QED) is 0.703. The summed E-state index contributed by atoms with van der Waals surface area (Å²) < 4.78 is 1.29. The highest BCUT2D eigenvalue weighted by Gasteiger charge is 2.04. The zero-order valence-corrected chi connectivity index (χ0v) is 9.01. The Bertz CT molecular complexity index is 612. The van der Waals surface area contributed by atoms with Crippen molar-refractivity contribution in [3.05, 3.63) is 41.1 Å². The van der Waals surface area contributed by atoms with Crippen LogP contribution in [0.5, 0.6) is 0 Å². The van der Waals surface area contributed by atoms with Crippen LogP contribution >= 0.6 is 0 Å². The van der Waals surface area contributed by atoms with E-state index in [1.54, 1.807) is 0 Å². The standard InChI is InChI=1S/C10H11N5O2/c1-2-3-8(16)11-5-7-4-9(17)15-6-12-14-10(15)13-7/h2,4,6H,1,3,5H2,(H,11,16)(H,13,14). The van der Waals surface area contributed by atoms with Gasteiger partial charge in [0.2, 0.25) is 11.7 Å². The third-order valence-electron chi connectivity index (χ3n) is 2.14. The summed E-state index contributed by atoms with van der Waals surface area (Å²) in [6, 6.07) is 1.36. The second-order valence-electron chi connectivity index (χ2n) is 3.41. The van der Waals surface area contributed by atoms with Gasteiger partial charge in [0.15, 0.2) is 0 Å². The van der Waals surface area contributed by atoms with Gasteiger partial charge in [-0.05, 0) is 0 Å². The molecular weight excluding hydrogens is 222 g/mol. The molecule has 0 unspecified atom stereocenters. The Balaban J connectivity index is 2.16. The van der Waals surface area contributed by atoms with Gasteiger partial charge < -0.3 is 5.32 Å². The first kappa shape index (κ1) is 11.1. The molecule has 1 amide bonds. The highest BCUT2D eigenvalue weighted by Crippen LogP contribution is 1.94. The topological polar surface area (TPSA) is 92.1 Å². The normalized spacial score (nSPS) is 10.4. The van der Waals surface area contributed by atoms with Gasteiger partial charge in [0.1, 0.15) is 6.33 Å². The van der Waals surface area contributed by atoms with Crippen molar-refractivity contribution < 1.29 is 4.79 Å². The molecule has 0 spiro atoms. The lowest BCUT2D eigenvalue weighted by molar-refractivity contribution is -0.120. The average Bonchev–Trinajstić information content (AvgIpc) is 2.75. The van der Waals surface area contributed by atoms with Crippen LogP contribution in [-0.4, -0.2) is 25.5 Å². The molecule has 17 heavy (non-hydrogen) atoms. The molecule has 0 atom stereocenters. The Morgan fingerprint density at radius 3 is 3.24 bits per heavy atom. The molecule has 2 N–H and O–H groups in total. The molecule has 0 radical (unpaired) electrons. The first-order valence-corrected chi connectivity index (χ1v) is 5.00. The number of aromatic nitrogens is 4. The smallest absolute Gasteiger partial charge is 0.260 e. The average molecular weight is 233 g/mol. The van der Waals surface area contributed by atoms with E-state index in [0.717, 1.165) is 0 Å². The predicted octanol–water partition coefficient (Wildman–Crippen LogP) is -0.390. The molecule has 7 nitrogen and oxygen atoms in total. The van der Waals surface area contributed by atoms with Gasteiger partial charge >= 0.3 is 0 Å². The van der Waals surface area contributed by atoms with Gasteiger partial charge in [-0.3, -0.25) is 9.59 Å². The van der Waals surface area contributed by atoms with Crippen molar-refractivity contribution in [2.24, 2.45) is 0 Å². The number of aromatic amines is 1. The predicted molar refractivity (Wildman–Crippen MR) is 60.3 cm³/mol. The molecule has 2 rings (SSSR count). The number of H-pyrrole nitrogens is 1. The molecule has 0 bridgehead atoms. The van der Waals surface area contributed by atoms with Crippen molar-refractivity contribution in [3.8, 4) is 0 Å². The molecule has 0 aliphatic carbocycles. The summed E-state index contributed by atoms with van der Waals surface area (Å²) in [5.41, 5.74) is 0.244. The minimum Gasteiger partial charge on any atom is -0.350 e. The van der Waals surface area contributed by atoms with Gasteiger partial charge in [0.05, 0.1) is 12.2 Å². The molecule has 2 aromatic rings. The molecule has 88 valence electrons. The maximum atomic E-state index is 11.6. The first-order chi connectivity index (χ1) is 8.20. The number of hydrogen-bond acceptors (Lipinski definition) is 4. The zero-order valence-electron chi connectivity index (χ0n) is 9.01. The highest BCUT2D eigenvalue weighted by atomic mass is 16.1. The Hall–Kier alpha value is -2.44. The summed E-state index contributed by atoms with van der Waals surface area (Å²) in [6.45, 7) is 3.67. The van der Waals surface area contributed by atoms with Crippen molar-refractivity contribution in [1.29, 1.82) is 0 Å². The lowest BCUT2D eigenvalue weighted by Gasteiger charge is -2.02. The fourth-order valence-electron chi connectivity index (χ4n) is 1.36.